The molecule has 1 aromatic heterocycles. The number of carbonyl (C=O) groups is 2. The maximum atomic E-state index is 14.0. The Kier molecular flexibility index (Phi) is 5.86. The van der Waals surface area contributed by atoms with Gasteiger partial charge in [-0.1, -0.05) is 35.5 Å². The number of likely N-dealkylation sites (tertiary alicyclic amines) is 1. The van der Waals surface area contributed by atoms with E-state index in [4.69, 9.17) is 0 Å². The fourth-order valence-electron chi connectivity index (χ4n) is 3.19. The number of aromatic nitrogens is 3. The molecule has 28 heavy (non-hydrogen) atoms. The molecule has 8 nitrogen and oxygen atoms in total. The van der Waals surface area contributed by atoms with Gasteiger partial charge in [0.25, 0.3) is 11.8 Å². The molecule has 2 N–H and O–H groups in total. The lowest BCUT2D eigenvalue weighted by Gasteiger charge is -2.24. The van der Waals surface area contributed by atoms with Gasteiger partial charge in [0.1, 0.15) is 0 Å². The van der Waals surface area contributed by atoms with Crippen molar-refractivity contribution in [2.45, 2.75) is 31.4 Å². The lowest BCUT2D eigenvalue weighted by molar-refractivity contribution is 0.0145. The minimum Gasteiger partial charge on any atom is -0.354 e. The van der Waals surface area contributed by atoms with Gasteiger partial charge in [0.15, 0.2) is 5.69 Å². The number of rotatable bonds is 6. The van der Waals surface area contributed by atoms with E-state index < -0.39 is 36.9 Å². The van der Waals surface area contributed by atoms with Crippen LogP contribution < -0.4 is 10.6 Å². The van der Waals surface area contributed by atoms with Crippen molar-refractivity contribution in [1.82, 2.24) is 30.5 Å². The Bertz CT molecular complexity index is 826. The highest BCUT2D eigenvalue weighted by Crippen LogP contribution is 2.32. The predicted octanol–water partition coefficient (Wildman–Crippen LogP) is 1.30. The molecular weight excluding hydrogens is 370 g/mol. The number of urea groups is 1. The van der Waals surface area contributed by atoms with Crippen LogP contribution in [0.4, 0.5) is 13.6 Å². The van der Waals surface area contributed by atoms with E-state index in [1.54, 1.807) is 0 Å². The highest BCUT2D eigenvalue weighted by Gasteiger charge is 2.47. The van der Waals surface area contributed by atoms with E-state index in [2.05, 4.69) is 20.9 Å². The summed E-state index contributed by atoms with van der Waals surface area (Å²) in [6, 6.07) is 8.30. The molecule has 0 bridgehead atoms. The van der Waals surface area contributed by atoms with Crippen LogP contribution in [0.3, 0.4) is 0 Å². The highest BCUT2D eigenvalue weighted by atomic mass is 19.3. The Morgan fingerprint density at radius 1 is 1.29 bits per heavy atom. The van der Waals surface area contributed by atoms with Gasteiger partial charge >= 0.3 is 6.03 Å². The Labute approximate surface area is 160 Å². The summed E-state index contributed by atoms with van der Waals surface area (Å²) in [5, 5.41) is 12.6. The van der Waals surface area contributed by atoms with Crippen molar-refractivity contribution in [3.05, 3.63) is 47.8 Å². The first-order valence-electron chi connectivity index (χ1n) is 8.96. The van der Waals surface area contributed by atoms with Gasteiger partial charge in [-0.3, -0.25) is 4.79 Å². The quantitative estimate of drug-likeness (QED) is 0.775. The van der Waals surface area contributed by atoms with Crippen molar-refractivity contribution < 1.29 is 18.4 Å². The van der Waals surface area contributed by atoms with Crippen LogP contribution in [0.5, 0.6) is 0 Å². The number of alkyl halides is 2. The molecule has 2 aromatic rings. The molecule has 10 heteroatoms. The Hall–Kier alpha value is -3.04. The predicted molar refractivity (Wildman–Crippen MR) is 97.0 cm³/mol. The molecule has 1 atom stereocenters. The Morgan fingerprint density at radius 2 is 2.04 bits per heavy atom. The summed E-state index contributed by atoms with van der Waals surface area (Å²) in [7, 11) is 1.46. The van der Waals surface area contributed by atoms with Gasteiger partial charge in [-0.05, 0) is 12.0 Å². The van der Waals surface area contributed by atoms with Gasteiger partial charge < -0.3 is 15.5 Å². The molecule has 3 amide bonds. The van der Waals surface area contributed by atoms with E-state index in [9.17, 15) is 18.4 Å². The molecule has 3 rings (SSSR count). The van der Waals surface area contributed by atoms with E-state index in [0.717, 1.165) is 10.5 Å². The highest BCUT2D eigenvalue weighted by molar-refractivity contribution is 5.91. The number of hydrogen-bond acceptors (Lipinski definition) is 4. The van der Waals surface area contributed by atoms with Crippen LogP contribution in [0, 0.1) is 0 Å². The SMILES string of the molecule is CNC(=O)c1cn(CC2CC(F)(F)CN2C(=O)NCCc2ccccc2)nn1. The standard InChI is InChI=1S/C18H22F2N6O2/c1-21-16(27)15-11-25(24-23-15)10-14-9-18(19,20)12-26(14)17(28)22-8-7-13-5-3-2-4-6-13/h2-6,11,14H,7-10,12H2,1H3,(H,21,27)(H,22,28). The van der Waals surface area contributed by atoms with Gasteiger partial charge in [0, 0.05) is 20.0 Å². The average Bonchev–Trinajstić information content (AvgIpc) is 3.26. The monoisotopic (exact) mass is 392 g/mol. The molecule has 0 spiro atoms. The third-order valence-electron chi connectivity index (χ3n) is 4.57. The number of carbonyl (C=O) groups excluding carboxylic acids is 2. The molecule has 1 aliphatic rings. The molecule has 0 saturated carbocycles. The number of benzene rings is 1. The van der Waals surface area contributed by atoms with Crippen LogP contribution in [-0.4, -0.2) is 63.9 Å². The lowest BCUT2D eigenvalue weighted by Crippen LogP contribution is -2.45. The maximum absolute atomic E-state index is 14.0. The van der Waals surface area contributed by atoms with Gasteiger partial charge in [0.05, 0.1) is 25.3 Å². The van der Waals surface area contributed by atoms with Gasteiger partial charge in [-0.15, -0.1) is 5.10 Å². The fourth-order valence-corrected chi connectivity index (χ4v) is 3.19. The third kappa shape index (κ3) is 4.81. The van der Waals surface area contributed by atoms with Crippen molar-refractivity contribution in [3.8, 4) is 0 Å². The van der Waals surface area contributed by atoms with Crippen LogP contribution in [0.15, 0.2) is 36.5 Å². The lowest BCUT2D eigenvalue weighted by atomic mass is 10.1. The minimum absolute atomic E-state index is 0.0334. The first-order chi connectivity index (χ1) is 13.4. The second-order valence-corrected chi connectivity index (χ2v) is 6.71. The molecule has 150 valence electrons. The smallest absolute Gasteiger partial charge is 0.317 e. The van der Waals surface area contributed by atoms with E-state index in [-0.39, 0.29) is 12.2 Å². The zero-order chi connectivity index (χ0) is 20.1. The molecule has 1 saturated heterocycles. The van der Waals surface area contributed by atoms with Crippen molar-refractivity contribution in [1.29, 1.82) is 0 Å². The van der Waals surface area contributed by atoms with Crippen LogP contribution in [-0.2, 0) is 13.0 Å². The topological polar surface area (TPSA) is 92.2 Å². The van der Waals surface area contributed by atoms with Crippen LogP contribution in [0.2, 0.25) is 0 Å². The van der Waals surface area contributed by atoms with E-state index >= 15 is 0 Å². The van der Waals surface area contributed by atoms with Crippen LogP contribution in [0.25, 0.3) is 0 Å². The molecule has 1 unspecified atom stereocenters. The number of halogens is 2. The number of hydrogen-bond donors (Lipinski definition) is 2. The second kappa shape index (κ2) is 8.32. The largest absolute Gasteiger partial charge is 0.354 e. The first-order valence-corrected chi connectivity index (χ1v) is 8.96. The van der Waals surface area contributed by atoms with Crippen molar-refractivity contribution in [2.75, 3.05) is 20.1 Å². The molecule has 1 aliphatic heterocycles. The van der Waals surface area contributed by atoms with Crippen LogP contribution in [0.1, 0.15) is 22.5 Å². The Morgan fingerprint density at radius 3 is 2.75 bits per heavy atom. The summed E-state index contributed by atoms with van der Waals surface area (Å²) >= 11 is 0. The van der Waals surface area contributed by atoms with Crippen LogP contribution >= 0.6 is 0 Å². The average molecular weight is 392 g/mol. The maximum Gasteiger partial charge on any atom is 0.317 e. The van der Waals surface area contributed by atoms with E-state index in [1.165, 1.54) is 17.9 Å². The van der Waals surface area contributed by atoms with Gasteiger partial charge in [-0.2, -0.15) is 0 Å². The minimum atomic E-state index is -2.97. The van der Waals surface area contributed by atoms with Gasteiger partial charge in [-0.25, -0.2) is 18.3 Å². The van der Waals surface area contributed by atoms with Crippen molar-refractivity contribution >= 4 is 11.9 Å². The van der Waals surface area contributed by atoms with Crippen molar-refractivity contribution in [2.24, 2.45) is 0 Å². The Balaban J connectivity index is 1.60. The molecule has 0 radical (unpaired) electrons. The van der Waals surface area contributed by atoms with E-state index in [0.29, 0.717) is 13.0 Å². The summed E-state index contributed by atoms with van der Waals surface area (Å²) in [6.45, 7) is -0.265. The second-order valence-electron chi connectivity index (χ2n) is 6.71. The summed E-state index contributed by atoms with van der Waals surface area (Å²) in [5.41, 5.74) is 1.14. The third-order valence-corrected chi connectivity index (χ3v) is 4.57. The summed E-state index contributed by atoms with van der Waals surface area (Å²) < 4.78 is 29.2. The first kappa shape index (κ1) is 19.7. The number of amides is 3. The van der Waals surface area contributed by atoms with Crippen molar-refractivity contribution in [3.63, 3.8) is 0 Å². The molecular formula is C18H22F2N6O2. The molecule has 0 aliphatic carbocycles. The summed E-state index contributed by atoms with van der Waals surface area (Å²) in [4.78, 5) is 25.1. The molecule has 1 aromatic carbocycles. The number of nitrogens with one attached hydrogen (secondary N) is 2. The zero-order valence-corrected chi connectivity index (χ0v) is 15.4. The normalized spacial score (nSPS) is 18.1. The van der Waals surface area contributed by atoms with E-state index in [1.807, 2.05) is 30.3 Å². The molecule has 1 fully saturated rings. The van der Waals surface area contributed by atoms with Gasteiger partial charge in [0.2, 0.25) is 0 Å². The summed E-state index contributed by atoms with van der Waals surface area (Å²) in [5.74, 6) is -3.38. The number of nitrogens with zero attached hydrogens (tertiary/aromatic N) is 4. The summed E-state index contributed by atoms with van der Waals surface area (Å²) in [6.07, 6.45) is 1.52. The fraction of sp³-hybridized carbons (Fsp3) is 0.444. The zero-order valence-electron chi connectivity index (χ0n) is 15.4. The molecule has 2 heterocycles.